The minimum atomic E-state index is -0.0243. The quantitative estimate of drug-likeness (QED) is 0.763. The van der Waals surface area contributed by atoms with Crippen LogP contribution in [0.3, 0.4) is 0 Å². The van der Waals surface area contributed by atoms with E-state index in [9.17, 15) is 4.79 Å². The summed E-state index contributed by atoms with van der Waals surface area (Å²) >= 11 is 0. The Hall–Kier alpha value is -0.610. The molecular weight excluding hydrogens is 238 g/mol. The second-order valence-electron chi connectivity index (χ2n) is 6.02. The van der Waals surface area contributed by atoms with Crippen LogP contribution in [-0.4, -0.2) is 55.5 Å². The van der Waals surface area contributed by atoms with E-state index in [1.165, 1.54) is 25.9 Å². The number of hydrogen-bond acceptors (Lipinski definition) is 3. The molecule has 0 saturated carbocycles. The van der Waals surface area contributed by atoms with E-state index in [1.807, 2.05) is 11.8 Å². The number of unbranched alkanes of at least 4 members (excludes halogenated alkanes) is 1. The molecule has 0 spiro atoms. The smallest absolute Gasteiger partial charge is 0.226 e. The van der Waals surface area contributed by atoms with Crippen LogP contribution in [0.25, 0.3) is 0 Å². The van der Waals surface area contributed by atoms with Gasteiger partial charge in [0.25, 0.3) is 0 Å². The fourth-order valence-electron chi connectivity index (χ4n) is 2.71. The number of amides is 1. The molecule has 0 aromatic heterocycles. The van der Waals surface area contributed by atoms with Gasteiger partial charge >= 0.3 is 0 Å². The van der Waals surface area contributed by atoms with Crippen LogP contribution >= 0.6 is 0 Å². The molecule has 0 radical (unpaired) electrons. The first kappa shape index (κ1) is 16.4. The van der Waals surface area contributed by atoms with E-state index < -0.39 is 0 Å². The number of nitrogens with two attached hydrogens (primary N) is 1. The van der Waals surface area contributed by atoms with Crippen molar-refractivity contribution in [2.24, 2.45) is 17.6 Å². The molecule has 1 unspecified atom stereocenters. The van der Waals surface area contributed by atoms with E-state index in [4.69, 9.17) is 5.73 Å². The lowest BCUT2D eigenvalue weighted by Crippen LogP contribution is -2.44. The van der Waals surface area contributed by atoms with Crippen molar-refractivity contribution < 1.29 is 4.79 Å². The van der Waals surface area contributed by atoms with Crippen molar-refractivity contribution in [1.82, 2.24) is 9.80 Å². The monoisotopic (exact) mass is 269 g/mol. The third-order valence-electron chi connectivity index (χ3n) is 4.16. The Balaban J connectivity index is 2.27. The standard InChI is InChI=1S/C15H31N3O/c1-4-5-8-17(3)12-14-6-9-18(10-7-14)15(19)13(2)11-16/h13-14H,4-12,16H2,1-3H3. The summed E-state index contributed by atoms with van der Waals surface area (Å²) in [4.78, 5) is 16.5. The maximum Gasteiger partial charge on any atom is 0.226 e. The molecule has 2 N–H and O–H groups in total. The van der Waals surface area contributed by atoms with Gasteiger partial charge in [-0.3, -0.25) is 4.79 Å². The molecule has 0 aliphatic carbocycles. The Morgan fingerprint density at radius 1 is 1.42 bits per heavy atom. The minimum Gasteiger partial charge on any atom is -0.342 e. The molecule has 1 rings (SSSR count). The molecule has 4 heteroatoms. The lowest BCUT2D eigenvalue weighted by molar-refractivity contribution is -0.136. The first-order chi connectivity index (χ1) is 9.08. The number of nitrogens with zero attached hydrogens (tertiary/aromatic N) is 2. The molecule has 112 valence electrons. The molecule has 1 aliphatic heterocycles. The first-order valence-electron chi connectivity index (χ1n) is 7.75. The van der Waals surface area contributed by atoms with Gasteiger partial charge in [-0.1, -0.05) is 20.3 Å². The molecule has 4 nitrogen and oxygen atoms in total. The molecule has 1 aliphatic rings. The van der Waals surface area contributed by atoms with Crippen molar-refractivity contribution in [3.8, 4) is 0 Å². The lowest BCUT2D eigenvalue weighted by atomic mass is 9.95. The van der Waals surface area contributed by atoms with E-state index in [0.29, 0.717) is 6.54 Å². The zero-order valence-corrected chi connectivity index (χ0v) is 12.9. The Bertz CT molecular complexity index is 262. The third-order valence-corrected chi connectivity index (χ3v) is 4.16. The van der Waals surface area contributed by atoms with Crippen LogP contribution in [0.2, 0.25) is 0 Å². The van der Waals surface area contributed by atoms with Gasteiger partial charge in [0.2, 0.25) is 5.91 Å². The molecule has 19 heavy (non-hydrogen) atoms. The largest absolute Gasteiger partial charge is 0.342 e. The third kappa shape index (κ3) is 5.49. The summed E-state index contributed by atoms with van der Waals surface area (Å²) in [6.45, 7) is 8.81. The van der Waals surface area contributed by atoms with Crippen LogP contribution in [0.4, 0.5) is 0 Å². The summed E-state index contributed by atoms with van der Waals surface area (Å²) in [7, 11) is 2.21. The Kier molecular flexibility index (Phi) is 7.39. The van der Waals surface area contributed by atoms with Gasteiger partial charge in [0.1, 0.15) is 0 Å². The normalized spacial score (nSPS) is 18.9. The van der Waals surface area contributed by atoms with Crippen molar-refractivity contribution in [1.29, 1.82) is 0 Å². The van der Waals surface area contributed by atoms with E-state index >= 15 is 0 Å². The Labute approximate surface area is 118 Å². The fourth-order valence-corrected chi connectivity index (χ4v) is 2.71. The van der Waals surface area contributed by atoms with Crippen molar-refractivity contribution in [3.05, 3.63) is 0 Å². The van der Waals surface area contributed by atoms with Crippen LogP contribution in [0.1, 0.15) is 39.5 Å². The molecule has 1 amide bonds. The second-order valence-corrected chi connectivity index (χ2v) is 6.02. The van der Waals surface area contributed by atoms with Gasteiger partial charge in [0.15, 0.2) is 0 Å². The maximum absolute atomic E-state index is 12.0. The highest BCUT2D eigenvalue weighted by Crippen LogP contribution is 2.19. The van der Waals surface area contributed by atoms with Crippen LogP contribution in [0.5, 0.6) is 0 Å². The van der Waals surface area contributed by atoms with E-state index in [1.54, 1.807) is 0 Å². The van der Waals surface area contributed by atoms with Crippen molar-refractivity contribution in [2.75, 3.05) is 39.8 Å². The first-order valence-corrected chi connectivity index (χ1v) is 7.75. The van der Waals surface area contributed by atoms with Crippen molar-refractivity contribution >= 4 is 5.91 Å². The lowest BCUT2D eigenvalue weighted by Gasteiger charge is -2.35. The highest BCUT2D eigenvalue weighted by Gasteiger charge is 2.25. The molecule has 0 aromatic rings. The summed E-state index contributed by atoms with van der Waals surface area (Å²) in [5.41, 5.74) is 5.57. The van der Waals surface area contributed by atoms with Gasteiger partial charge in [-0.15, -0.1) is 0 Å². The molecule has 0 bridgehead atoms. The number of carbonyl (C=O) groups is 1. The highest BCUT2D eigenvalue weighted by atomic mass is 16.2. The summed E-state index contributed by atoms with van der Waals surface area (Å²) in [5.74, 6) is 0.961. The summed E-state index contributed by atoms with van der Waals surface area (Å²) in [6.07, 6.45) is 4.81. The predicted octanol–water partition coefficient (Wildman–Crippen LogP) is 1.55. The summed E-state index contributed by atoms with van der Waals surface area (Å²) in [5, 5.41) is 0. The van der Waals surface area contributed by atoms with Gasteiger partial charge in [0.05, 0.1) is 0 Å². The number of likely N-dealkylation sites (tertiary alicyclic amines) is 1. The van der Waals surface area contributed by atoms with E-state index in [0.717, 1.165) is 31.8 Å². The fraction of sp³-hybridized carbons (Fsp3) is 0.933. The van der Waals surface area contributed by atoms with Crippen LogP contribution in [0, 0.1) is 11.8 Å². The second kappa shape index (κ2) is 8.54. The van der Waals surface area contributed by atoms with Crippen LogP contribution in [0.15, 0.2) is 0 Å². The Morgan fingerprint density at radius 3 is 2.58 bits per heavy atom. The maximum atomic E-state index is 12.0. The molecule has 0 aromatic carbocycles. The minimum absolute atomic E-state index is 0.0243. The molecule has 1 heterocycles. The van der Waals surface area contributed by atoms with Crippen LogP contribution in [-0.2, 0) is 4.79 Å². The zero-order valence-electron chi connectivity index (χ0n) is 12.9. The van der Waals surface area contributed by atoms with E-state index in [2.05, 4.69) is 18.9 Å². The van der Waals surface area contributed by atoms with Gasteiger partial charge in [-0.2, -0.15) is 0 Å². The molecule has 1 atom stereocenters. The SMILES string of the molecule is CCCCN(C)CC1CCN(C(=O)C(C)CN)CC1. The summed E-state index contributed by atoms with van der Waals surface area (Å²) in [6, 6.07) is 0. The number of piperidine rings is 1. The van der Waals surface area contributed by atoms with Crippen molar-refractivity contribution in [3.63, 3.8) is 0 Å². The van der Waals surface area contributed by atoms with Crippen molar-refractivity contribution in [2.45, 2.75) is 39.5 Å². The van der Waals surface area contributed by atoms with Gasteiger partial charge in [-0.05, 0) is 38.8 Å². The number of carbonyl (C=O) groups excluding carboxylic acids is 1. The van der Waals surface area contributed by atoms with Gasteiger partial charge in [0, 0.05) is 32.1 Å². The van der Waals surface area contributed by atoms with Gasteiger partial charge < -0.3 is 15.5 Å². The Morgan fingerprint density at radius 2 is 2.05 bits per heavy atom. The zero-order chi connectivity index (χ0) is 14.3. The van der Waals surface area contributed by atoms with Gasteiger partial charge in [-0.25, -0.2) is 0 Å². The highest BCUT2D eigenvalue weighted by molar-refractivity contribution is 5.78. The summed E-state index contributed by atoms with van der Waals surface area (Å²) < 4.78 is 0. The average Bonchev–Trinajstić information content (AvgIpc) is 2.44. The topological polar surface area (TPSA) is 49.6 Å². The predicted molar refractivity (Wildman–Crippen MR) is 79.9 cm³/mol. The average molecular weight is 269 g/mol. The number of hydrogen-bond donors (Lipinski definition) is 1. The molecule has 1 fully saturated rings. The van der Waals surface area contributed by atoms with Crippen LogP contribution < -0.4 is 5.73 Å². The molecule has 1 saturated heterocycles. The number of rotatable bonds is 7. The molecular formula is C15H31N3O. The van der Waals surface area contributed by atoms with E-state index in [-0.39, 0.29) is 11.8 Å².